The van der Waals surface area contributed by atoms with Crippen LogP contribution >= 0.6 is 23.1 Å². The van der Waals surface area contributed by atoms with E-state index in [1.165, 1.54) is 7.11 Å². The van der Waals surface area contributed by atoms with Crippen LogP contribution in [0.15, 0.2) is 36.4 Å². The van der Waals surface area contributed by atoms with Crippen LogP contribution in [0.1, 0.15) is 70.6 Å². The molecule has 2 aliphatic heterocycles. The standard InChI is InChI=1S/C31H43N3O7S2/c1-30(2,3)40-29(37)33-23(20-38-4)28(36)32-22-11-9-10-21(18-22)24-13-14-25(43-24)31(15-6-8-17-42-31)19-26(35)34-41-27-12-5-7-16-39-27/h9-11,13-14,18,23,27H,5-8,12,15-17,19-20H2,1-4H3,(H,32,36)(H,33,37)(H,34,35)/t23-,27?,31-/m0/s1. The molecule has 3 amide bonds. The molecule has 0 bridgehead atoms. The van der Waals surface area contributed by atoms with Crippen molar-refractivity contribution in [1.29, 1.82) is 0 Å². The van der Waals surface area contributed by atoms with Crippen LogP contribution in [0.4, 0.5) is 10.5 Å². The summed E-state index contributed by atoms with van der Waals surface area (Å²) in [6, 6.07) is 10.8. The van der Waals surface area contributed by atoms with Crippen molar-refractivity contribution < 1.29 is 33.4 Å². The van der Waals surface area contributed by atoms with Crippen molar-refractivity contribution in [2.45, 2.75) is 88.4 Å². The summed E-state index contributed by atoms with van der Waals surface area (Å²) in [5.74, 6) is 0.434. The third-order valence-corrected chi connectivity index (χ3v) is 10.1. The summed E-state index contributed by atoms with van der Waals surface area (Å²) in [5, 5.41) is 5.46. The molecule has 3 atom stereocenters. The van der Waals surface area contributed by atoms with E-state index in [0.717, 1.165) is 59.6 Å². The first-order valence-corrected chi connectivity index (χ1v) is 16.6. The highest BCUT2D eigenvalue weighted by Gasteiger charge is 2.38. The fourth-order valence-corrected chi connectivity index (χ4v) is 7.91. The van der Waals surface area contributed by atoms with E-state index in [2.05, 4.69) is 28.2 Å². The number of hydroxylamine groups is 1. The maximum absolute atomic E-state index is 13.0. The fourth-order valence-electron chi connectivity index (χ4n) is 5.02. The molecular weight excluding hydrogens is 590 g/mol. The molecule has 3 N–H and O–H groups in total. The lowest BCUT2D eigenvalue weighted by molar-refractivity contribution is -0.200. The molecule has 1 unspecified atom stereocenters. The first kappa shape index (κ1) is 33.3. The first-order valence-electron chi connectivity index (χ1n) is 14.8. The molecule has 0 aliphatic carbocycles. The Bertz CT molecular complexity index is 1230. The summed E-state index contributed by atoms with van der Waals surface area (Å²) in [6.07, 6.45) is 5.17. The Hall–Kier alpha value is -2.64. The number of hydrogen-bond acceptors (Lipinski definition) is 9. The van der Waals surface area contributed by atoms with E-state index in [0.29, 0.717) is 18.7 Å². The van der Waals surface area contributed by atoms with Gasteiger partial charge < -0.3 is 24.8 Å². The molecule has 43 heavy (non-hydrogen) atoms. The molecule has 1 aromatic heterocycles. The minimum absolute atomic E-state index is 0.00883. The van der Waals surface area contributed by atoms with E-state index in [4.69, 9.17) is 19.0 Å². The average molecular weight is 634 g/mol. The van der Waals surface area contributed by atoms with Gasteiger partial charge in [-0.25, -0.2) is 15.1 Å². The smallest absolute Gasteiger partial charge is 0.408 e. The Morgan fingerprint density at radius 2 is 1.95 bits per heavy atom. The van der Waals surface area contributed by atoms with Gasteiger partial charge in [0, 0.05) is 42.0 Å². The van der Waals surface area contributed by atoms with Crippen molar-refractivity contribution in [3.63, 3.8) is 0 Å². The molecule has 2 saturated heterocycles. The van der Waals surface area contributed by atoms with Crippen LogP contribution in [-0.2, 0) is 33.4 Å². The predicted molar refractivity (Wildman–Crippen MR) is 169 cm³/mol. The van der Waals surface area contributed by atoms with Gasteiger partial charge >= 0.3 is 6.09 Å². The van der Waals surface area contributed by atoms with Gasteiger partial charge in [-0.2, -0.15) is 0 Å². The molecule has 0 saturated carbocycles. The van der Waals surface area contributed by atoms with Crippen LogP contribution in [-0.4, -0.2) is 61.9 Å². The number of nitrogens with one attached hydrogen (secondary N) is 3. The number of carbonyl (C=O) groups excluding carboxylic acids is 3. The second kappa shape index (κ2) is 15.4. The van der Waals surface area contributed by atoms with Crippen molar-refractivity contribution in [2.75, 3.05) is 31.4 Å². The zero-order chi connectivity index (χ0) is 30.9. The third-order valence-electron chi connectivity index (χ3n) is 7.05. The highest BCUT2D eigenvalue weighted by molar-refractivity contribution is 8.00. The molecule has 2 aliphatic rings. The molecule has 0 spiro atoms. The number of methoxy groups -OCH3 is 1. The number of carbonyl (C=O) groups is 3. The number of alkyl carbamates (subject to hydrolysis) is 1. The van der Waals surface area contributed by atoms with E-state index < -0.39 is 23.6 Å². The Balaban J connectivity index is 1.43. The van der Waals surface area contributed by atoms with Gasteiger partial charge in [-0.1, -0.05) is 18.6 Å². The third kappa shape index (κ3) is 9.94. The maximum atomic E-state index is 13.0. The number of benzene rings is 1. The van der Waals surface area contributed by atoms with Crippen molar-refractivity contribution in [1.82, 2.24) is 10.8 Å². The van der Waals surface area contributed by atoms with Crippen LogP contribution in [0.2, 0.25) is 0 Å². The lowest BCUT2D eigenvalue weighted by atomic mass is 9.94. The van der Waals surface area contributed by atoms with Crippen LogP contribution in [0.25, 0.3) is 10.4 Å². The molecule has 2 aromatic rings. The summed E-state index contributed by atoms with van der Waals surface area (Å²) in [6.45, 7) is 5.91. The maximum Gasteiger partial charge on any atom is 0.408 e. The molecule has 1 aromatic carbocycles. The summed E-state index contributed by atoms with van der Waals surface area (Å²) in [7, 11) is 1.46. The Morgan fingerprint density at radius 3 is 2.65 bits per heavy atom. The topological polar surface area (TPSA) is 124 Å². The second-order valence-corrected chi connectivity index (χ2v) is 14.4. The van der Waals surface area contributed by atoms with Gasteiger partial charge in [0.1, 0.15) is 11.6 Å². The Kier molecular flexibility index (Phi) is 11.9. The quantitative estimate of drug-likeness (QED) is 0.259. The minimum Gasteiger partial charge on any atom is -0.444 e. The molecule has 0 radical (unpaired) electrons. The lowest BCUT2D eigenvalue weighted by Crippen LogP contribution is -2.48. The Labute approximate surface area is 261 Å². The molecule has 236 valence electrons. The van der Waals surface area contributed by atoms with Gasteiger partial charge in [0.2, 0.25) is 11.8 Å². The average Bonchev–Trinajstić information content (AvgIpc) is 3.48. The monoisotopic (exact) mass is 633 g/mol. The molecule has 3 heterocycles. The van der Waals surface area contributed by atoms with E-state index in [1.807, 2.05) is 30.0 Å². The highest BCUT2D eigenvalue weighted by Crippen LogP contribution is 2.51. The molecule has 2 fully saturated rings. The normalized spacial score (nSPS) is 21.4. The van der Waals surface area contributed by atoms with Gasteiger partial charge in [-0.05, 0) is 82.0 Å². The van der Waals surface area contributed by atoms with E-state index in [-0.39, 0.29) is 23.6 Å². The van der Waals surface area contributed by atoms with Gasteiger partial charge in [0.25, 0.3) is 0 Å². The first-order chi connectivity index (χ1) is 20.6. The zero-order valence-electron chi connectivity index (χ0n) is 25.4. The fraction of sp³-hybridized carbons (Fsp3) is 0.581. The number of rotatable bonds is 11. The second-order valence-electron chi connectivity index (χ2n) is 11.8. The lowest BCUT2D eigenvalue weighted by Gasteiger charge is -2.35. The number of thioether (sulfide) groups is 1. The van der Waals surface area contributed by atoms with Gasteiger partial charge in [-0.15, -0.1) is 23.1 Å². The van der Waals surface area contributed by atoms with Crippen molar-refractivity contribution in [2.24, 2.45) is 0 Å². The van der Waals surface area contributed by atoms with Crippen LogP contribution in [0.5, 0.6) is 0 Å². The minimum atomic E-state index is -0.931. The summed E-state index contributed by atoms with van der Waals surface area (Å²) in [5.41, 5.74) is 3.48. The van der Waals surface area contributed by atoms with E-state index in [1.54, 1.807) is 38.2 Å². The number of hydrogen-bond donors (Lipinski definition) is 3. The molecule has 4 rings (SSSR count). The number of ether oxygens (including phenoxy) is 3. The van der Waals surface area contributed by atoms with Gasteiger partial charge in [0.05, 0.1) is 11.4 Å². The van der Waals surface area contributed by atoms with Crippen LogP contribution in [0.3, 0.4) is 0 Å². The highest BCUT2D eigenvalue weighted by atomic mass is 32.2. The van der Waals surface area contributed by atoms with Gasteiger partial charge in [-0.3, -0.25) is 9.59 Å². The Morgan fingerprint density at radius 1 is 1.12 bits per heavy atom. The van der Waals surface area contributed by atoms with Crippen LogP contribution < -0.4 is 16.1 Å². The molecule has 10 nitrogen and oxygen atoms in total. The molecular formula is C31H43N3O7S2. The van der Waals surface area contributed by atoms with Crippen LogP contribution in [0, 0.1) is 0 Å². The SMILES string of the molecule is COC[C@H](NC(=O)OC(C)(C)C)C(=O)Nc1cccc(-c2ccc([C@@]3(CC(=O)NOC4CCCCO4)CCCCS3)s2)c1. The number of anilines is 1. The zero-order valence-corrected chi connectivity index (χ0v) is 27.0. The van der Waals surface area contributed by atoms with Crippen molar-refractivity contribution >= 4 is 46.7 Å². The van der Waals surface area contributed by atoms with E-state index in [9.17, 15) is 14.4 Å². The summed E-state index contributed by atoms with van der Waals surface area (Å²) >= 11 is 3.50. The number of thiophene rings is 1. The van der Waals surface area contributed by atoms with Crippen molar-refractivity contribution in [3.05, 3.63) is 41.3 Å². The van der Waals surface area contributed by atoms with E-state index >= 15 is 0 Å². The largest absolute Gasteiger partial charge is 0.444 e. The van der Waals surface area contributed by atoms with Gasteiger partial charge in [0.15, 0.2) is 6.29 Å². The molecule has 12 heteroatoms. The predicted octanol–water partition coefficient (Wildman–Crippen LogP) is 5.97. The number of amides is 3. The van der Waals surface area contributed by atoms with Crippen molar-refractivity contribution in [3.8, 4) is 10.4 Å². The summed E-state index contributed by atoms with van der Waals surface area (Å²) in [4.78, 5) is 46.1. The summed E-state index contributed by atoms with van der Waals surface area (Å²) < 4.78 is 15.7.